The molecule has 1 fully saturated rings. The highest BCUT2D eigenvalue weighted by Gasteiger charge is 2.30. The van der Waals surface area contributed by atoms with Crippen LogP contribution in [0.25, 0.3) is 11.1 Å². The van der Waals surface area contributed by atoms with E-state index in [-0.39, 0.29) is 6.61 Å². The first-order chi connectivity index (χ1) is 9.20. The smallest absolute Gasteiger partial charge is 0.298 e. The normalized spacial score (nSPS) is 18.9. The predicted octanol–water partition coefficient (Wildman–Crippen LogP) is 1.09. The third-order valence-electron chi connectivity index (χ3n) is 4.01. The van der Waals surface area contributed by atoms with Crippen molar-refractivity contribution in [1.82, 2.24) is 4.98 Å². The summed E-state index contributed by atoms with van der Waals surface area (Å²) in [4.78, 5) is 6.72. The summed E-state index contributed by atoms with van der Waals surface area (Å²) in [5.74, 6) is 0. The molecule has 1 N–H and O–H groups in total. The molecule has 5 heteroatoms. The van der Waals surface area contributed by atoms with Gasteiger partial charge in [0, 0.05) is 0 Å². The molecule has 0 spiro atoms. The van der Waals surface area contributed by atoms with E-state index in [1.807, 2.05) is 24.3 Å². The van der Waals surface area contributed by atoms with Crippen LogP contribution < -0.4 is 4.90 Å². The lowest BCUT2D eigenvalue weighted by Crippen LogP contribution is -2.58. The van der Waals surface area contributed by atoms with Crippen LogP contribution in [-0.4, -0.2) is 61.0 Å². The Labute approximate surface area is 112 Å². The Morgan fingerprint density at radius 1 is 1.32 bits per heavy atom. The van der Waals surface area contributed by atoms with Crippen molar-refractivity contribution < 1.29 is 14.0 Å². The minimum absolute atomic E-state index is 0.249. The largest absolute Gasteiger partial charge is 0.423 e. The van der Waals surface area contributed by atoms with E-state index in [1.165, 1.54) is 0 Å². The number of rotatable bonds is 3. The molecule has 1 saturated heterocycles. The van der Waals surface area contributed by atoms with E-state index in [0.717, 1.165) is 54.3 Å². The summed E-state index contributed by atoms with van der Waals surface area (Å²) < 4.78 is 6.72. The zero-order valence-electron chi connectivity index (χ0n) is 11.2. The first-order valence-corrected chi connectivity index (χ1v) is 6.75. The Morgan fingerprint density at radius 3 is 2.74 bits per heavy atom. The van der Waals surface area contributed by atoms with Crippen LogP contribution in [0.1, 0.15) is 0 Å². The number of aliphatic hydroxyl groups excluding tert-OH is 1. The van der Waals surface area contributed by atoms with Crippen molar-refractivity contribution in [3.8, 4) is 0 Å². The maximum absolute atomic E-state index is 9.10. The van der Waals surface area contributed by atoms with E-state index in [2.05, 4.69) is 16.9 Å². The minimum Gasteiger partial charge on any atom is -0.423 e. The number of anilines is 1. The quantitative estimate of drug-likeness (QED) is 0.841. The van der Waals surface area contributed by atoms with Gasteiger partial charge in [-0.25, -0.2) is 0 Å². The number of nitrogens with zero attached hydrogens (tertiary/aromatic N) is 3. The fourth-order valence-corrected chi connectivity index (χ4v) is 2.60. The molecular weight excluding hydrogens is 242 g/mol. The van der Waals surface area contributed by atoms with Gasteiger partial charge in [0.1, 0.15) is 12.1 Å². The van der Waals surface area contributed by atoms with Crippen molar-refractivity contribution in [2.75, 3.05) is 51.3 Å². The van der Waals surface area contributed by atoms with Crippen LogP contribution in [0.15, 0.2) is 28.7 Å². The Bertz CT molecular complexity index is 526. The van der Waals surface area contributed by atoms with Crippen molar-refractivity contribution in [3.63, 3.8) is 0 Å². The van der Waals surface area contributed by atoms with E-state index in [9.17, 15) is 0 Å². The van der Waals surface area contributed by atoms with Crippen molar-refractivity contribution >= 4 is 17.1 Å². The van der Waals surface area contributed by atoms with Gasteiger partial charge in [0.15, 0.2) is 5.58 Å². The number of benzene rings is 1. The first-order valence-electron chi connectivity index (χ1n) is 6.75. The molecular formula is C14H20N3O2+. The van der Waals surface area contributed by atoms with Gasteiger partial charge in [-0.05, 0) is 12.1 Å². The van der Waals surface area contributed by atoms with Crippen LogP contribution in [-0.2, 0) is 0 Å². The van der Waals surface area contributed by atoms with E-state index in [1.54, 1.807) is 0 Å². The van der Waals surface area contributed by atoms with Crippen LogP contribution in [0.5, 0.6) is 0 Å². The monoisotopic (exact) mass is 262 g/mol. The fourth-order valence-electron chi connectivity index (χ4n) is 2.60. The third-order valence-corrected chi connectivity index (χ3v) is 4.01. The highest BCUT2D eigenvalue weighted by molar-refractivity contribution is 5.74. The van der Waals surface area contributed by atoms with Gasteiger partial charge >= 0.3 is 0 Å². The Morgan fingerprint density at radius 2 is 2.05 bits per heavy atom. The molecule has 0 amide bonds. The molecule has 3 rings (SSSR count). The molecule has 1 aliphatic heterocycles. The standard InChI is InChI=1S/C14H20N3O2/c1-17(10-11-18)8-6-16(7-9-17)14-15-12-4-2-3-5-13(12)19-14/h2-5,18H,6-11H2,1H3/q+1. The molecule has 5 nitrogen and oxygen atoms in total. The van der Waals surface area contributed by atoms with Gasteiger partial charge in [0.2, 0.25) is 0 Å². The molecule has 0 aliphatic carbocycles. The zero-order chi connectivity index (χ0) is 13.3. The lowest BCUT2D eigenvalue weighted by Gasteiger charge is -2.41. The molecule has 0 saturated carbocycles. The average Bonchev–Trinajstić information content (AvgIpc) is 2.83. The van der Waals surface area contributed by atoms with Gasteiger partial charge in [0.25, 0.3) is 6.01 Å². The van der Waals surface area contributed by atoms with Gasteiger partial charge in [-0.3, -0.25) is 0 Å². The molecule has 2 aromatic rings. The highest BCUT2D eigenvalue weighted by Crippen LogP contribution is 2.23. The van der Waals surface area contributed by atoms with Crippen LogP contribution >= 0.6 is 0 Å². The minimum atomic E-state index is 0.249. The number of aliphatic hydroxyl groups is 1. The summed E-state index contributed by atoms with van der Waals surface area (Å²) in [5.41, 5.74) is 1.76. The maximum atomic E-state index is 9.10. The van der Waals surface area contributed by atoms with E-state index >= 15 is 0 Å². The summed E-state index contributed by atoms with van der Waals surface area (Å²) >= 11 is 0. The molecule has 2 heterocycles. The topological polar surface area (TPSA) is 49.5 Å². The number of hydrogen-bond donors (Lipinski definition) is 1. The van der Waals surface area contributed by atoms with Crippen LogP contribution in [0.4, 0.5) is 6.01 Å². The lowest BCUT2D eigenvalue weighted by molar-refractivity contribution is -0.910. The first kappa shape index (κ1) is 12.4. The number of likely N-dealkylation sites (N-methyl/N-ethyl adjacent to an activating group) is 1. The SMILES string of the molecule is C[N+]1(CCO)CCN(c2nc3ccccc3o2)CC1. The van der Waals surface area contributed by atoms with Crippen molar-refractivity contribution in [2.45, 2.75) is 0 Å². The summed E-state index contributed by atoms with van der Waals surface area (Å²) in [6, 6.07) is 8.57. The molecule has 0 atom stereocenters. The van der Waals surface area contributed by atoms with Gasteiger partial charge in [-0.1, -0.05) is 12.1 Å². The van der Waals surface area contributed by atoms with Gasteiger partial charge in [-0.15, -0.1) is 0 Å². The molecule has 0 bridgehead atoms. The van der Waals surface area contributed by atoms with E-state index in [4.69, 9.17) is 9.52 Å². The molecule has 0 unspecified atom stereocenters. The number of fused-ring (bicyclic) bond motifs is 1. The second kappa shape index (κ2) is 4.83. The fraction of sp³-hybridized carbons (Fsp3) is 0.500. The molecule has 1 aromatic heterocycles. The van der Waals surface area contributed by atoms with Gasteiger partial charge < -0.3 is 18.9 Å². The number of para-hydroxylation sites is 2. The van der Waals surface area contributed by atoms with E-state index in [0.29, 0.717) is 0 Å². The zero-order valence-corrected chi connectivity index (χ0v) is 11.2. The maximum Gasteiger partial charge on any atom is 0.298 e. The highest BCUT2D eigenvalue weighted by atomic mass is 16.4. The lowest BCUT2D eigenvalue weighted by atomic mass is 10.2. The summed E-state index contributed by atoms with van der Waals surface area (Å²) in [7, 11) is 2.19. The molecule has 0 radical (unpaired) electrons. The van der Waals surface area contributed by atoms with Gasteiger partial charge in [-0.2, -0.15) is 4.98 Å². The number of hydrogen-bond acceptors (Lipinski definition) is 4. The second-order valence-electron chi connectivity index (χ2n) is 5.47. The van der Waals surface area contributed by atoms with Crippen molar-refractivity contribution in [3.05, 3.63) is 24.3 Å². The predicted molar refractivity (Wildman–Crippen MR) is 74.1 cm³/mol. The molecule has 1 aliphatic rings. The Hall–Kier alpha value is -1.59. The molecule has 102 valence electrons. The van der Waals surface area contributed by atoms with Crippen LogP contribution in [0, 0.1) is 0 Å². The number of piperazine rings is 1. The van der Waals surface area contributed by atoms with Crippen LogP contribution in [0.2, 0.25) is 0 Å². The van der Waals surface area contributed by atoms with Crippen molar-refractivity contribution in [2.24, 2.45) is 0 Å². The number of quaternary nitrogens is 1. The van der Waals surface area contributed by atoms with Crippen LogP contribution in [0.3, 0.4) is 0 Å². The average molecular weight is 262 g/mol. The Kier molecular flexibility index (Phi) is 3.16. The Balaban J connectivity index is 1.74. The molecule has 1 aromatic carbocycles. The number of oxazole rings is 1. The molecule has 19 heavy (non-hydrogen) atoms. The second-order valence-corrected chi connectivity index (χ2v) is 5.47. The number of aromatic nitrogens is 1. The van der Waals surface area contributed by atoms with E-state index < -0.39 is 0 Å². The van der Waals surface area contributed by atoms with Crippen molar-refractivity contribution in [1.29, 1.82) is 0 Å². The third kappa shape index (κ3) is 2.43. The summed E-state index contributed by atoms with van der Waals surface area (Å²) in [6.45, 7) is 4.94. The summed E-state index contributed by atoms with van der Waals surface area (Å²) in [6.07, 6.45) is 0. The van der Waals surface area contributed by atoms with Gasteiger partial charge in [0.05, 0.1) is 39.8 Å². The summed E-state index contributed by atoms with van der Waals surface area (Å²) in [5, 5.41) is 9.10.